The molecule has 0 spiro atoms. The maximum atomic E-state index is 12.1. The fourth-order valence-corrected chi connectivity index (χ4v) is 2.29. The number of aliphatic carboxylic acids is 1. The highest BCUT2D eigenvalue weighted by Crippen LogP contribution is 2.29. The molecule has 2 atom stereocenters. The molecule has 0 aromatic carbocycles. The highest BCUT2D eigenvalue weighted by Gasteiger charge is 2.37. The number of carbonyl (C=O) groups excluding carboxylic acids is 1. The maximum Gasteiger partial charge on any atom is 0.410 e. The average molecular weight is 269 g/mol. The Balaban J connectivity index is 2.76. The van der Waals surface area contributed by atoms with Gasteiger partial charge in [-0.2, -0.15) is 0 Å². The summed E-state index contributed by atoms with van der Waals surface area (Å²) in [7, 11) is 0. The molecule has 1 N–H and O–H groups in total. The van der Waals surface area contributed by atoms with Gasteiger partial charge in [-0.1, -0.05) is 13.5 Å². The number of amides is 1. The first-order valence-corrected chi connectivity index (χ1v) is 6.55. The van der Waals surface area contributed by atoms with Gasteiger partial charge < -0.3 is 14.7 Å². The first-order valence-electron chi connectivity index (χ1n) is 6.55. The lowest BCUT2D eigenvalue weighted by atomic mass is 9.92. The molecule has 1 fully saturated rings. The van der Waals surface area contributed by atoms with Crippen LogP contribution >= 0.6 is 0 Å². The summed E-state index contributed by atoms with van der Waals surface area (Å²) in [5, 5.41) is 8.99. The number of hydrogen-bond acceptors (Lipinski definition) is 3. The summed E-state index contributed by atoms with van der Waals surface area (Å²) in [6.07, 6.45) is 1.27. The molecule has 1 heterocycles. The van der Waals surface area contributed by atoms with Crippen molar-refractivity contribution in [3.05, 3.63) is 12.2 Å². The normalized spacial score (nSPS) is 21.1. The van der Waals surface area contributed by atoms with Crippen molar-refractivity contribution < 1.29 is 19.4 Å². The molecule has 0 unspecified atom stereocenters. The third-order valence-electron chi connectivity index (χ3n) is 3.33. The number of ether oxygens (including phenoxy) is 1. The number of nitrogens with zero attached hydrogens (tertiary/aromatic N) is 1. The van der Waals surface area contributed by atoms with E-state index in [1.807, 2.05) is 20.8 Å². The van der Waals surface area contributed by atoms with E-state index in [0.29, 0.717) is 6.54 Å². The fraction of sp³-hybridized carbons (Fsp3) is 0.714. The number of carbonyl (C=O) groups is 2. The Bertz CT molecular complexity index is 383. The third kappa shape index (κ3) is 3.98. The standard InChI is InChI=1S/C14H23NO4/c1-9(10(2)12(16)17)11-7-6-8-15(11)13(18)19-14(3,4)5/h9,11H,2,6-8H2,1,3-5H3,(H,16,17)/t9-,11+/m1/s1. The SMILES string of the molecule is C=C(C(=O)O)[C@@H](C)[C@@H]1CCCN1C(=O)OC(C)(C)C. The van der Waals surface area contributed by atoms with E-state index in [1.165, 1.54) is 0 Å². The van der Waals surface area contributed by atoms with E-state index >= 15 is 0 Å². The molecule has 19 heavy (non-hydrogen) atoms. The minimum atomic E-state index is -1.01. The summed E-state index contributed by atoms with van der Waals surface area (Å²) in [6.45, 7) is 11.4. The fourth-order valence-electron chi connectivity index (χ4n) is 2.29. The quantitative estimate of drug-likeness (QED) is 0.800. The van der Waals surface area contributed by atoms with Crippen molar-refractivity contribution in [3.8, 4) is 0 Å². The molecule has 0 radical (unpaired) electrons. The van der Waals surface area contributed by atoms with E-state index in [-0.39, 0.29) is 23.6 Å². The molecular formula is C14H23NO4. The Morgan fingerprint density at radius 3 is 2.47 bits per heavy atom. The molecule has 5 heteroatoms. The Kier molecular flexibility index (Phi) is 4.61. The van der Waals surface area contributed by atoms with E-state index in [2.05, 4.69) is 6.58 Å². The minimum absolute atomic E-state index is 0.139. The predicted octanol–water partition coefficient (Wildman–Crippen LogP) is 2.66. The Morgan fingerprint density at radius 1 is 1.42 bits per heavy atom. The van der Waals surface area contributed by atoms with Gasteiger partial charge in [0.15, 0.2) is 0 Å². The molecule has 0 bridgehead atoms. The second kappa shape index (κ2) is 5.63. The van der Waals surface area contributed by atoms with Crippen LogP contribution in [0.2, 0.25) is 0 Å². The van der Waals surface area contributed by atoms with Crippen molar-refractivity contribution in [2.75, 3.05) is 6.54 Å². The van der Waals surface area contributed by atoms with Gasteiger partial charge in [-0.3, -0.25) is 0 Å². The summed E-state index contributed by atoms with van der Waals surface area (Å²) >= 11 is 0. The smallest absolute Gasteiger partial charge is 0.410 e. The maximum absolute atomic E-state index is 12.1. The summed E-state index contributed by atoms with van der Waals surface area (Å²) in [4.78, 5) is 24.7. The van der Waals surface area contributed by atoms with Gasteiger partial charge in [0.25, 0.3) is 0 Å². The number of rotatable bonds is 3. The van der Waals surface area contributed by atoms with Crippen LogP contribution in [0.4, 0.5) is 4.79 Å². The molecule has 0 aromatic rings. The molecule has 0 aliphatic carbocycles. The second-order valence-electron chi connectivity index (χ2n) is 6.00. The first-order chi connectivity index (χ1) is 8.63. The second-order valence-corrected chi connectivity index (χ2v) is 6.00. The van der Waals surface area contributed by atoms with Crippen LogP contribution in [-0.4, -0.2) is 40.3 Å². The van der Waals surface area contributed by atoms with Crippen LogP contribution in [0.5, 0.6) is 0 Å². The molecule has 0 aromatic heterocycles. The molecule has 1 aliphatic rings. The van der Waals surface area contributed by atoms with Gasteiger partial charge in [0.1, 0.15) is 5.60 Å². The minimum Gasteiger partial charge on any atom is -0.478 e. The van der Waals surface area contributed by atoms with Crippen molar-refractivity contribution in [3.63, 3.8) is 0 Å². The van der Waals surface area contributed by atoms with Gasteiger partial charge in [0.2, 0.25) is 0 Å². The Hall–Kier alpha value is -1.52. The lowest BCUT2D eigenvalue weighted by Gasteiger charge is -2.31. The lowest BCUT2D eigenvalue weighted by molar-refractivity contribution is -0.133. The average Bonchev–Trinajstić information content (AvgIpc) is 2.73. The monoisotopic (exact) mass is 269 g/mol. The number of hydrogen-bond donors (Lipinski definition) is 1. The van der Waals surface area contributed by atoms with Crippen molar-refractivity contribution in [1.82, 2.24) is 4.90 Å². The van der Waals surface area contributed by atoms with Crippen LogP contribution in [0.15, 0.2) is 12.2 Å². The van der Waals surface area contributed by atoms with Crippen LogP contribution in [0, 0.1) is 5.92 Å². The van der Waals surface area contributed by atoms with Gasteiger partial charge in [-0.05, 0) is 33.6 Å². The molecular weight excluding hydrogens is 246 g/mol. The van der Waals surface area contributed by atoms with Crippen LogP contribution in [0.1, 0.15) is 40.5 Å². The topological polar surface area (TPSA) is 66.8 Å². The number of likely N-dealkylation sites (tertiary alicyclic amines) is 1. The van der Waals surface area contributed by atoms with Gasteiger partial charge in [-0.15, -0.1) is 0 Å². The number of carboxylic acids is 1. The van der Waals surface area contributed by atoms with Gasteiger partial charge >= 0.3 is 12.1 Å². The van der Waals surface area contributed by atoms with E-state index < -0.39 is 11.6 Å². The van der Waals surface area contributed by atoms with Crippen LogP contribution in [0.25, 0.3) is 0 Å². The highest BCUT2D eigenvalue weighted by molar-refractivity contribution is 5.86. The van der Waals surface area contributed by atoms with Crippen molar-refractivity contribution >= 4 is 12.1 Å². The molecule has 1 rings (SSSR count). The van der Waals surface area contributed by atoms with Gasteiger partial charge in [-0.25, -0.2) is 9.59 Å². The van der Waals surface area contributed by atoms with E-state index in [0.717, 1.165) is 12.8 Å². The molecule has 5 nitrogen and oxygen atoms in total. The zero-order valence-corrected chi connectivity index (χ0v) is 12.1. The van der Waals surface area contributed by atoms with Crippen molar-refractivity contribution in [2.24, 2.45) is 5.92 Å². The lowest BCUT2D eigenvalue weighted by Crippen LogP contribution is -2.43. The summed E-state index contributed by atoms with van der Waals surface area (Å²) in [6, 6.07) is -0.140. The summed E-state index contributed by atoms with van der Waals surface area (Å²) in [5.74, 6) is -1.28. The van der Waals surface area contributed by atoms with Crippen LogP contribution in [-0.2, 0) is 9.53 Å². The van der Waals surface area contributed by atoms with E-state index in [1.54, 1.807) is 11.8 Å². The van der Waals surface area contributed by atoms with Crippen molar-refractivity contribution in [1.29, 1.82) is 0 Å². The molecule has 108 valence electrons. The van der Waals surface area contributed by atoms with Crippen LogP contribution < -0.4 is 0 Å². The van der Waals surface area contributed by atoms with Gasteiger partial charge in [0.05, 0.1) is 0 Å². The highest BCUT2D eigenvalue weighted by atomic mass is 16.6. The molecule has 1 saturated heterocycles. The van der Waals surface area contributed by atoms with E-state index in [4.69, 9.17) is 9.84 Å². The zero-order chi connectivity index (χ0) is 14.8. The largest absolute Gasteiger partial charge is 0.478 e. The predicted molar refractivity (Wildman–Crippen MR) is 71.9 cm³/mol. The summed E-state index contributed by atoms with van der Waals surface area (Å²) in [5.41, 5.74) is -0.405. The van der Waals surface area contributed by atoms with Crippen LogP contribution in [0.3, 0.4) is 0 Å². The number of carboxylic acid groups (broad SMARTS) is 1. The zero-order valence-electron chi connectivity index (χ0n) is 12.1. The Morgan fingerprint density at radius 2 is 2.00 bits per heavy atom. The first kappa shape index (κ1) is 15.5. The Labute approximate surface area is 114 Å². The molecule has 0 saturated carbocycles. The van der Waals surface area contributed by atoms with Gasteiger partial charge in [0, 0.05) is 24.1 Å². The molecule has 1 aliphatic heterocycles. The molecule has 1 amide bonds. The summed E-state index contributed by atoms with van der Waals surface area (Å²) < 4.78 is 5.35. The third-order valence-corrected chi connectivity index (χ3v) is 3.33. The van der Waals surface area contributed by atoms with E-state index in [9.17, 15) is 9.59 Å². The van der Waals surface area contributed by atoms with Crippen molar-refractivity contribution in [2.45, 2.75) is 52.2 Å².